The van der Waals surface area contributed by atoms with Crippen molar-refractivity contribution in [1.82, 2.24) is 14.2 Å². The Balaban J connectivity index is 1.49. The number of carbonyl (C=O) groups is 1. The van der Waals surface area contributed by atoms with Crippen LogP contribution < -0.4 is 20.5 Å². The van der Waals surface area contributed by atoms with E-state index in [2.05, 4.69) is 10.4 Å². The van der Waals surface area contributed by atoms with Crippen molar-refractivity contribution in [3.05, 3.63) is 88.5 Å². The summed E-state index contributed by atoms with van der Waals surface area (Å²) in [4.78, 5) is 25.1. The van der Waals surface area contributed by atoms with Crippen LogP contribution in [0.2, 0.25) is 0 Å². The predicted octanol–water partition coefficient (Wildman–Crippen LogP) is 2.74. The number of rotatable bonds is 7. The zero-order chi connectivity index (χ0) is 21.8. The van der Waals surface area contributed by atoms with Gasteiger partial charge in [-0.1, -0.05) is 18.2 Å². The number of nitrogens with zero attached hydrogens (tertiary/aromatic N) is 3. The van der Waals surface area contributed by atoms with Gasteiger partial charge in [-0.15, -0.1) is 5.10 Å². The molecule has 2 heterocycles. The average Bonchev–Trinajstić information content (AvgIpc) is 3.09. The van der Waals surface area contributed by atoms with E-state index >= 15 is 0 Å². The molecule has 158 valence electrons. The summed E-state index contributed by atoms with van der Waals surface area (Å²) in [5.41, 5.74) is 2.59. The Morgan fingerprint density at radius 2 is 1.90 bits per heavy atom. The lowest BCUT2D eigenvalue weighted by molar-refractivity contribution is -0.115. The summed E-state index contributed by atoms with van der Waals surface area (Å²) in [6.45, 7) is 0.300. The molecule has 0 aliphatic heterocycles. The molecule has 1 amide bonds. The first kappa shape index (κ1) is 20.2. The van der Waals surface area contributed by atoms with Gasteiger partial charge in [0.2, 0.25) is 5.91 Å². The molecule has 2 aromatic heterocycles. The van der Waals surface area contributed by atoms with Gasteiger partial charge in [0.15, 0.2) is 5.65 Å². The summed E-state index contributed by atoms with van der Waals surface area (Å²) in [5, 5.41) is 7.24. The van der Waals surface area contributed by atoms with Crippen molar-refractivity contribution in [2.24, 2.45) is 0 Å². The summed E-state index contributed by atoms with van der Waals surface area (Å²) in [7, 11) is 3.14. The zero-order valence-corrected chi connectivity index (χ0v) is 17.2. The maximum Gasteiger partial charge on any atom is 0.350 e. The van der Waals surface area contributed by atoms with Gasteiger partial charge in [0.25, 0.3) is 0 Å². The van der Waals surface area contributed by atoms with Crippen molar-refractivity contribution in [3.63, 3.8) is 0 Å². The summed E-state index contributed by atoms with van der Waals surface area (Å²) < 4.78 is 13.5. The van der Waals surface area contributed by atoms with Gasteiger partial charge in [-0.25, -0.2) is 9.48 Å². The molecular weight excluding hydrogens is 396 g/mol. The molecule has 0 fully saturated rings. The minimum atomic E-state index is -0.213. The number of pyridine rings is 1. The SMILES string of the molecule is COc1ccc(OC)c(CC(=O)Nc2cccc(Cn3nc4ccccn4c3=O)c2)c1. The third-order valence-electron chi connectivity index (χ3n) is 4.87. The number of aromatic nitrogens is 3. The minimum Gasteiger partial charge on any atom is -0.497 e. The third kappa shape index (κ3) is 4.42. The first-order chi connectivity index (χ1) is 15.1. The van der Waals surface area contributed by atoms with Gasteiger partial charge >= 0.3 is 5.69 Å². The van der Waals surface area contributed by atoms with E-state index < -0.39 is 0 Å². The standard InChI is InChI=1S/C23H22N4O4/c1-30-19-9-10-20(31-2)17(13-19)14-22(28)24-18-7-5-6-16(12-18)15-27-23(29)26-11-4-3-8-21(26)25-27/h3-13H,14-15H2,1-2H3,(H,24,28). The second-order valence-electron chi connectivity index (χ2n) is 6.97. The van der Waals surface area contributed by atoms with Gasteiger partial charge in [0.1, 0.15) is 11.5 Å². The van der Waals surface area contributed by atoms with E-state index in [1.54, 1.807) is 56.8 Å². The van der Waals surface area contributed by atoms with Crippen LogP contribution in [0.4, 0.5) is 5.69 Å². The number of methoxy groups -OCH3 is 2. The van der Waals surface area contributed by atoms with Gasteiger partial charge in [0.05, 0.1) is 27.2 Å². The predicted molar refractivity (Wildman–Crippen MR) is 117 cm³/mol. The molecule has 0 radical (unpaired) electrons. The van der Waals surface area contributed by atoms with Gasteiger partial charge in [-0.05, 0) is 48.0 Å². The van der Waals surface area contributed by atoms with Gasteiger partial charge in [0, 0.05) is 17.4 Å². The molecule has 0 bridgehead atoms. The molecule has 8 nitrogen and oxygen atoms in total. The first-order valence-corrected chi connectivity index (χ1v) is 9.71. The summed E-state index contributed by atoms with van der Waals surface area (Å²) in [6.07, 6.45) is 1.82. The number of carbonyl (C=O) groups excluding carboxylic acids is 1. The number of anilines is 1. The van der Waals surface area contributed by atoms with Gasteiger partial charge < -0.3 is 14.8 Å². The van der Waals surface area contributed by atoms with Crippen molar-refractivity contribution in [3.8, 4) is 11.5 Å². The van der Waals surface area contributed by atoms with Crippen LogP contribution in [0.25, 0.3) is 5.65 Å². The zero-order valence-electron chi connectivity index (χ0n) is 17.2. The van der Waals surface area contributed by atoms with Crippen LogP contribution in [0.3, 0.4) is 0 Å². The Labute approximate surface area is 178 Å². The largest absolute Gasteiger partial charge is 0.497 e. The molecule has 0 atom stereocenters. The summed E-state index contributed by atoms with van der Waals surface area (Å²) in [5.74, 6) is 1.09. The van der Waals surface area contributed by atoms with E-state index in [1.165, 1.54) is 9.08 Å². The molecule has 2 aromatic carbocycles. The number of benzene rings is 2. The number of hydrogen-bond donors (Lipinski definition) is 1. The fourth-order valence-electron chi connectivity index (χ4n) is 3.39. The topological polar surface area (TPSA) is 86.9 Å². The van der Waals surface area contributed by atoms with E-state index in [0.29, 0.717) is 29.4 Å². The van der Waals surface area contributed by atoms with Crippen LogP contribution in [-0.4, -0.2) is 34.3 Å². The number of fused-ring (bicyclic) bond motifs is 1. The monoisotopic (exact) mass is 418 g/mol. The van der Waals surface area contributed by atoms with Crippen molar-refractivity contribution < 1.29 is 14.3 Å². The fourth-order valence-corrected chi connectivity index (χ4v) is 3.39. The lowest BCUT2D eigenvalue weighted by Gasteiger charge is -2.11. The lowest BCUT2D eigenvalue weighted by atomic mass is 10.1. The quantitative estimate of drug-likeness (QED) is 0.499. The Morgan fingerprint density at radius 1 is 1.03 bits per heavy atom. The number of ether oxygens (including phenoxy) is 2. The molecule has 0 spiro atoms. The van der Waals surface area contributed by atoms with Crippen LogP contribution in [0.15, 0.2) is 71.7 Å². The Kier molecular flexibility index (Phi) is 5.70. The molecule has 8 heteroatoms. The van der Waals surface area contributed by atoms with Crippen LogP contribution in [0.1, 0.15) is 11.1 Å². The molecule has 0 saturated heterocycles. The second-order valence-corrected chi connectivity index (χ2v) is 6.97. The molecule has 0 unspecified atom stereocenters. The molecule has 0 saturated carbocycles. The van der Waals surface area contributed by atoms with E-state index in [1.807, 2.05) is 24.3 Å². The molecule has 31 heavy (non-hydrogen) atoms. The van der Waals surface area contributed by atoms with Crippen molar-refractivity contribution in [1.29, 1.82) is 0 Å². The summed E-state index contributed by atoms with van der Waals surface area (Å²) >= 11 is 0. The minimum absolute atomic E-state index is 0.135. The Morgan fingerprint density at radius 3 is 2.68 bits per heavy atom. The summed E-state index contributed by atoms with van der Waals surface area (Å²) in [6, 6.07) is 18.1. The highest BCUT2D eigenvalue weighted by molar-refractivity contribution is 5.92. The first-order valence-electron chi connectivity index (χ1n) is 9.71. The molecule has 4 rings (SSSR count). The number of hydrogen-bond acceptors (Lipinski definition) is 5. The Hall–Kier alpha value is -4.07. The van der Waals surface area contributed by atoms with Gasteiger partial charge in [-0.3, -0.25) is 9.20 Å². The van der Waals surface area contributed by atoms with E-state index in [4.69, 9.17) is 9.47 Å². The lowest BCUT2D eigenvalue weighted by Crippen LogP contribution is -2.21. The van der Waals surface area contributed by atoms with Crippen LogP contribution in [-0.2, 0) is 17.8 Å². The van der Waals surface area contributed by atoms with E-state index in [-0.39, 0.29) is 18.0 Å². The Bertz CT molecular complexity index is 1290. The fraction of sp³-hybridized carbons (Fsp3) is 0.174. The smallest absolute Gasteiger partial charge is 0.350 e. The molecule has 4 aromatic rings. The molecule has 0 aliphatic carbocycles. The molecular formula is C23H22N4O4. The molecule has 1 N–H and O–H groups in total. The van der Waals surface area contributed by atoms with Crippen molar-refractivity contribution in [2.75, 3.05) is 19.5 Å². The van der Waals surface area contributed by atoms with Crippen LogP contribution in [0, 0.1) is 0 Å². The van der Waals surface area contributed by atoms with Crippen molar-refractivity contribution in [2.45, 2.75) is 13.0 Å². The maximum atomic E-state index is 12.6. The second kappa shape index (κ2) is 8.74. The molecule has 0 aliphatic rings. The highest BCUT2D eigenvalue weighted by atomic mass is 16.5. The third-order valence-corrected chi connectivity index (χ3v) is 4.87. The highest BCUT2D eigenvalue weighted by Gasteiger charge is 2.12. The average molecular weight is 418 g/mol. The number of nitrogens with one attached hydrogen (secondary N) is 1. The van der Waals surface area contributed by atoms with Gasteiger partial charge in [-0.2, -0.15) is 0 Å². The van der Waals surface area contributed by atoms with Crippen molar-refractivity contribution >= 4 is 17.2 Å². The normalized spacial score (nSPS) is 10.8. The van der Waals surface area contributed by atoms with Crippen LogP contribution >= 0.6 is 0 Å². The van der Waals surface area contributed by atoms with E-state index in [0.717, 1.165) is 11.1 Å². The maximum absolute atomic E-state index is 12.6. The highest BCUT2D eigenvalue weighted by Crippen LogP contribution is 2.24. The van der Waals surface area contributed by atoms with E-state index in [9.17, 15) is 9.59 Å². The number of amides is 1. The van der Waals surface area contributed by atoms with Crippen LogP contribution in [0.5, 0.6) is 11.5 Å².